The SMILES string of the molecule is CCCCCC(CC)(Pc1ccccc1C(C)=O)c1cc(Cc2ccccc2)cc(Cc2ccccc2)c1OCc1ccccc1. The highest BCUT2D eigenvalue weighted by Crippen LogP contribution is 2.53. The lowest BCUT2D eigenvalue weighted by Crippen LogP contribution is -2.26. The fourth-order valence-corrected chi connectivity index (χ4v) is 8.33. The number of rotatable bonds is 16. The molecule has 0 N–H and O–H groups in total. The van der Waals surface area contributed by atoms with Gasteiger partial charge in [-0.2, -0.15) is 0 Å². The molecule has 2 unspecified atom stereocenters. The van der Waals surface area contributed by atoms with Crippen LogP contribution in [0, 0.1) is 0 Å². The molecule has 0 fully saturated rings. The summed E-state index contributed by atoms with van der Waals surface area (Å²) in [7, 11) is 0.441. The largest absolute Gasteiger partial charge is 0.488 e. The zero-order valence-electron chi connectivity index (χ0n) is 27.6. The van der Waals surface area contributed by atoms with Crippen LogP contribution in [0.1, 0.15) is 96.6 Å². The van der Waals surface area contributed by atoms with Crippen LogP contribution >= 0.6 is 8.58 Å². The first-order valence-corrected chi connectivity index (χ1v) is 17.8. The highest BCUT2D eigenvalue weighted by Gasteiger charge is 2.36. The quantitative estimate of drug-likeness (QED) is 0.0619. The van der Waals surface area contributed by atoms with Gasteiger partial charge in [0.25, 0.3) is 0 Å². The van der Waals surface area contributed by atoms with Crippen LogP contribution in [0.4, 0.5) is 0 Å². The van der Waals surface area contributed by atoms with Gasteiger partial charge in [-0.25, -0.2) is 0 Å². The Morgan fingerprint density at radius 1 is 0.674 bits per heavy atom. The van der Waals surface area contributed by atoms with Crippen molar-refractivity contribution in [3.05, 3.63) is 166 Å². The smallest absolute Gasteiger partial charge is 0.160 e. The van der Waals surface area contributed by atoms with E-state index in [1.54, 1.807) is 6.92 Å². The molecular weight excluding hydrogens is 579 g/mol. The highest BCUT2D eigenvalue weighted by molar-refractivity contribution is 7.48. The molecule has 5 rings (SSSR count). The van der Waals surface area contributed by atoms with Gasteiger partial charge in [0, 0.05) is 22.7 Å². The third-order valence-corrected chi connectivity index (χ3v) is 11.0. The first-order valence-electron chi connectivity index (χ1n) is 16.8. The second-order valence-electron chi connectivity index (χ2n) is 12.4. The number of carbonyl (C=O) groups is 1. The van der Waals surface area contributed by atoms with Crippen molar-refractivity contribution in [2.45, 2.75) is 77.5 Å². The molecule has 0 aliphatic carbocycles. The van der Waals surface area contributed by atoms with Gasteiger partial charge >= 0.3 is 0 Å². The predicted octanol–water partition coefficient (Wildman–Crippen LogP) is 10.8. The van der Waals surface area contributed by atoms with E-state index in [2.05, 4.69) is 129 Å². The van der Waals surface area contributed by atoms with Gasteiger partial charge < -0.3 is 4.74 Å². The van der Waals surface area contributed by atoms with Gasteiger partial charge in [-0.15, -0.1) is 0 Å². The summed E-state index contributed by atoms with van der Waals surface area (Å²) in [6, 6.07) is 45.1. The van der Waals surface area contributed by atoms with Crippen LogP contribution < -0.4 is 10.0 Å². The molecule has 5 aromatic rings. The predicted molar refractivity (Wildman–Crippen MR) is 196 cm³/mol. The molecule has 0 aromatic heterocycles. The van der Waals surface area contributed by atoms with Crippen molar-refractivity contribution < 1.29 is 9.53 Å². The number of ether oxygens (including phenoxy) is 1. The van der Waals surface area contributed by atoms with E-state index in [9.17, 15) is 4.79 Å². The molecule has 0 aliphatic heterocycles. The van der Waals surface area contributed by atoms with Crippen LogP contribution in [-0.4, -0.2) is 5.78 Å². The topological polar surface area (TPSA) is 26.3 Å². The van der Waals surface area contributed by atoms with Crippen molar-refractivity contribution in [1.29, 1.82) is 0 Å². The maximum atomic E-state index is 12.9. The minimum Gasteiger partial charge on any atom is -0.488 e. The molecule has 0 saturated heterocycles. The van der Waals surface area contributed by atoms with E-state index < -0.39 is 0 Å². The first-order chi connectivity index (χ1) is 22.5. The molecule has 2 atom stereocenters. The standard InChI is InChI=1S/C43H47O2P/c1-4-6-18-27-43(5-2,46-41-26-17-16-25-39(41)33(3)44)40-31-37(28-34-19-10-7-11-20-34)30-38(29-35-21-12-8-13-22-35)42(40)45-32-36-23-14-9-15-24-36/h7-17,19-26,30-31,46H,4-6,18,27-29,32H2,1-3H3. The Hall–Kier alpha value is -4.00. The Kier molecular flexibility index (Phi) is 12.0. The Bertz CT molecular complexity index is 1680. The fraction of sp³-hybridized carbons (Fsp3) is 0.279. The van der Waals surface area contributed by atoms with E-state index in [0.717, 1.165) is 60.7 Å². The Morgan fingerprint density at radius 2 is 1.26 bits per heavy atom. The fourth-order valence-electron chi connectivity index (χ4n) is 6.45. The Balaban J connectivity index is 1.72. The zero-order chi connectivity index (χ0) is 32.2. The summed E-state index contributed by atoms with van der Waals surface area (Å²) in [6.45, 7) is 6.81. The van der Waals surface area contributed by atoms with Gasteiger partial charge in [-0.3, -0.25) is 4.79 Å². The van der Waals surface area contributed by atoms with E-state index in [0.29, 0.717) is 15.2 Å². The molecule has 5 aromatic carbocycles. The second-order valence-corrected chi connectivity index (χ2v) is 14.1. The van der Waals surface area contributed by atoms with Crippen molar-refractivity contribution in [3.8, 4) is 5.75 Å². The molecule has 0 heterocycles. The lowest BCUT2D eigenvalue weighted by atomic mass is 9.84. The van der Waals surface area contributed by atoms with Crippen molar-refractivity contribution in [2.75, 3.05) is 0 Å². The minimum absolute atomic E-state index is 0.129. The van der Waals surface area contributed by atoms with E-state index in [4.69, 9.17) is 4.74 Å². The third-order valence-electron chi connectivity index (χ3n) is 8.95. The van der Waals surface area contributed by atoms with E-state index in [1.807, 2.05) is 12.1 Å². The number of unbranched alkanes of at least 4 members (excludes halogenated alkanes) is 2. The molecule has 236 valence electrons. The van der Waals surface area contributed by atoms with Crippen LogP contribution in [0.2, 0.25) is 0 Å². The normalized spacial score (nSPS) is 12.7. The summed E-state index contributed by atoms with van der Waals surface area (Å²) in [5.41, 5.74) is 8.39. The third kappa shape index (κ3) is 8.62. The number of benzene rings is 5. The summed E-state index contributed by atoms with van der Waals surface area (Å²) in [5.74, 6) is 1.14. The number of ketones is 1. The van der Waals surface area contributed by atoms with Crippen molar-refractivity contribution in [3.63, 3.8) is 0 Å². The van der Waals surface area contributed by atoms with E-state index in [1.165, 1.54) is 34.2 Å². The van der Waals surface area contributed by atoms with Gasteiger partial charge in [0.1, 0.15) is 12.4 Å². The monoisotopic (exact) mass is 626 g/mol. The molecule has 46 heavy (non-hydrogen) atoms. The summed E-state index contributed by atoms with van der Waals surface area (Å²) in [5, 5.41) is 0.977. The average molecular weight is 627 g/mol. The van der Waals surface area contributed by atoms with Crippen LogP contribution in [0.3, 0.4) is 0 Å². The van der Waals surface area contributed by atoms with Gasteiger partial charge in [0.15, 0.2) is 5.78 Å². The summed E-state index contributed by atoms with van der Waals surface area (Å²) < 4.78 is 7.00. The lowest BCUT2D eigenvalue weighted by molar-refractivity contribution is 0.101. The molecule has 2 nitrogen and oxygen atoms in total. The molecule has 0 saturated carbocycles. The van der Waals surface area contributed by atoms with Crippen LogP contribution in [-0.2, 0) is 24.6 Å². The molecule has 0 amide bonds. The van der Waals surface area contributed by atoms with Gasteiger partial charge in [-0.1, -0.05) is 169 Å². The molecule has 0 bridgehead atoms. The Morgan fingerprint density at radius 3 is 1.87 bits per heavy atom. The average Bonchev–Trinajstić information content (AvgIpc) is 3.09. The molecular formula is C43H47O2P. The summed E-state index contributed by atoms with van der Waals surface area (Å²) in [4.78, 5) is 12.9. The number of carbonyl (C=O) groups excluding carboxylic acids is 1. The van der Waals surface area contributed by atoms with E-state index >= 15 is 0 Å². The van der Waals surface area contributed by atoms with Crippen LogP contribution in [0.5, 0.6) is 5.75 Å². The van der Waals surface area contributed by atoms with E-state index in [-0.39, 0.29) is 10.9 Å². The second kappa shape index (κ2) is 16.5. The van der Waals surface area contributed by atoms with Gasteiger partial charge in [0.2, 0.25) is 0 Å². The van der Waals surface area contributed by atoms with Crippen molar-refractivity contribution in [2.24, 2.45) is 0 Å². The molecule has 0 aliphatic rings. The molecule has 0 radical (unpaired) electrons. The molecule has 0 spiro atoms. The zero-order valence-corrected chi connectivity index (χ0v) is 28.6. The Labute approximate surface area is 278 Å². The van der Waals surface area contributed by atoms with Gasteiger partial charge in [0.05, 0.1) is 0 Å². The van der Waals surface area contributed by atoms with Crippen LogP contribution in [0.15, 0.2) is 127 Å². The first kappa shape index (κ1) is 33.4. The van der Waals surface area contributed by atoms with Crippen molar-refractivity contribution in [1.82, 2.24) is 0 Å². The number of hydrogen-bond donors (Lipinski definition) is 0. The lowest BCUT2D eigenvalue weighted by Gasteiger charge is -2.37. The van der Waals surface area contributed by atoms with Gasteiger partial charge in [-0.05, 0) is 59.3 Å². The highest BCUT2D eigenvalue weighted by atomic mass is 31.1. The molecule has 3 heteroatoms. The summed E-state index contributed by atoms with van der Waals surface area (Å²) in [6.07, 6.45) is 7.14. The minimum atomic E-state index is -0.176. The number of hydrogen-bond acceptors (Lipinski definition) is 2. The maximum Gasteiger partial charge on any atom is 0.160 e. The summed E-state index contributed by atoms with van der Waals surface area (Å²) >= 11 is 0. The number of Topliss-reactive ketones (excluding diaryl/α,β-unsaturated/α-hetero) is 1. The van der Waals surface area contributed by atoms with Crippen molar-refractivity contribution >= 4 is 19.7 Å². The maximum absolute atomic E-state index is 12.9. The van der Waals surface area contributed by atoms with Crippen LogP contribution in [0.25, 0.3) is 0 Å².